The van der Waals surface area contributed by atoms with Gasteiger partial charge in [-0.1, -0.05) is 103 Å². The summed E-state index contributed by atoms with van der Waals surface area (Å²) in [5, 5.41) is 4.87. The molecule has 0 atom stereocenters. The lowest BCUT2D eigenvalue weighted by molar-refractivity contribution is 0.109. The van der Waals surface area contributed by atoms with Crippen molar-refractivity contribution in [2.24, 2.45) is 0 Å². The van der Waals surface area contributed by atoms with Crippen LogP contribution in [-0.2, 0) is 12.0 Å². The van der Waals surface area contributed by atoms with Crippen LogP contribution in [0.1, 0.15) is 16.7 Å². The first-order valence-electron chi connectivity index (χ1n) is 10.1. The fourth-order valence-electron chi connectivity index (χ4n) is 4.78. The van der Waals surface area contributed by atoms with Crippen molar-refractivity contribution < 1.29 is 4.74 Å². The zero-order valence-electron chi connectivity index (χ0n) is 16.0. The summed E-state index contributed by atoms with van der Waals surface area (Å²) in [6, 6.07) is 38.7. The Morgan fingerprint density at radius 3 is 1.93 bits per heavy atom. The number of hydrogen-bond donors (Lipinski definition) is 0. The van der Waals surface area contributed by atoms with Gasteiger partial charge >= 0.3 is 0 Å². The number of fused-ring (bicyclic) bond motifs is 2. The molecule has 1 heteroatoms. The molecule has 0 aliphatic carbocycles. The average molecular weight is 372 g/mol. The van der Waals surface area contributed by atoms with Crippen LogP contribution in [0.4, 0.5) is 0 Å². The molecule has 0 saturated heterocycles. The van der Waals surface area contributed by atoms with Gasteiger partial charge in [0, 0.05) is 28.3 Å². The van der Waals surface area contributed by atoms with Gasteiger partial charge in [0.05, 0.1) is 0 Å². The summed E-state index contributed by atoms with van der Waals surface area (Å²) in [5.74, 6) is 0.993. The van der Waals surface area contributed by atoms with E-state index in [9.17, 15) is 0 Å². The van der Waals surface area contributed by atoms with Gasteiger partial charge in [-0.15, -0.1) is 0 Å². The lowest BCUT2D eigenvalue weighted by Gasteiger charge is -2.40. The molecular weight excluding hydrogens is 352 g/mol. The van der Waals surface area contributed by atoms with Crippen LogP contribution in [0.5, 0.6) is 5.75 Å². The second-order valence-electron chi connectivity index (χ2n) is 7.78. The van der Waals surface area contributed by atoms with Crippen LogP contribution in [0.25, 0.3) is 21.5 Å². The third-order valence-corrected chi connectivity index (χ3v) is 6.12. The molecule has 6 rings (SSSR count). The van der Waals surface area contributed by atoms with Crippen molar-refractivity contribution >= 4 is 21.5 Å². The van der Waals surface area contributed by atoms with Gasteiger partial charge < -0.3 is 4.74 Å². The van der Waals surface area contributed by atoms with Gasteiger partial charge in [-0.3, -0.25) is 0 Å². The molecule has 1 heterocycles. The molecule has 1 aliphatic heterocycles. The smallest absolute Gasteiger partial charge is 0.163 e. The molecule has 5 aromatic carbocycles. The summed E-state index contributed by atoms with van der Waals surface area (Å²) in [5.41, 5.74) is 3.15. The van der Waals surface area contributed by atoms with E-state index in [4.69, 9.17) is 4.74 Å². The Morgan fingerprint density at radius 2 is 1.21 bits per heavy atom. The van der Waals surface area contributed by atoms with E-state index in [1.54, 1.807) is 0 Å². The van der Waals surface area contributed by atoms with Gasteiger partial charge in [0.25, 0.3) is 0 Å². The first kappa shape index (κ1) is 16.4. The Morgan fingerprint density at radius 1 is 0.586 bits per heavy atom. The van der Waals surface area contributed by atoms with Gasteiger partial charge in [-0.05, 0) is 22.4 Å². The van der Waals surface area contributed by atoms with Crippen molar-refractivity contribution in [2.75, 3.05) is 0 Å². The third-order valence-electron chi connectivity index (χ3n) is 6.12. The number of ether oxygens (including phenoxy) is 1. The minimum atomic E-state index is -0.548. The first-order valence-corrected chi connectivity index (χ1v) is 10.1. The van der Waals surface area contributed by atoms with Crippen molar-refractivity contribution in [2.45, 2.75) is 12.0 Å². The SMILES string of the molecule is c1ccc(C2(c3ccccc3)Cc3cccc4cc5ccccc5c(c34)O2)cc1. The number of hydrogen-bond acceptors (Lipinski definition) is 1. The van der Waals surface area contributed by atoms with E-state index in [1.807, 2.05) is 0 Å². The molecule has 1 nitrogen and oxygen atoms in total. The average Bonchev–Trinajstić information content (AvgIpc) is 2.80. The quantitative estimate of drug-likeness (QED) is 0.307. The highest BCUT2D eigenvalue weighted by atomic mass is 16.5. The maximum Gasteiger partial charge on any atom is 0.163 e. The summed E-state index contributed by atoms with van der Waals surface area (Å²) in [6.45, 7) is 0. The van der Waals surface area contributed by atoms with Crippen molar-refractivity contribution in [1.82, 2.24) is 0 Å². The molecule has 0 radical (unpaired) electrons. The molecule has 1 aliphatic rings. The monoisotopic (exact) mass is 372 g/mol. The summed E-state index contributed by atoms with van der Waals surface area (Å²) >= 11 is 0. The van der Waals surface area contributed by atoms with Crippen LogP contribution in [-0.4, -0.2) is 0 Å². The van der Waals surface area contributed by atoms with Gasteiger partial charge in [0.15, 0.2) is 5.60 Å². The minimum Gasteiger partial charge on any atom is -0.476 e. The van der Waals surface area contributed by atoms with Crippen molar-refractivity contribution in [3.63, 3.8) is 0 Å². The maximum absolute atomic E-state index is 7.08. The van der Waals surface area contributed by atoms with Crippen molar-refractivity contribution in [1.29, 1.82) is 0 Å². The van der Waals surface area contributed by atoms with E-state index >= 15 is 0 Å². The topological polar surface area (TPSA) is 9.23 Å². The highest BCUT2D eigenvalue weighted by Crippen LogP contribution is 2.49. The van der Waals surface area contributed by atoms with E-state index in [-0.39, 0.29) is 0 Å². The highest BCUT2D eigenvalue weighted by Gasteiger charge is 2.41. The van der Waals surface area contributed by atoms with Crippen LogP contribution < -0.4 is 4.74 Å². The second-order valence-corrected chi connectivity index (χ2v) is 7.78. The normalized spacial score (nSPS) is 14.6. The van der Waals surface area contributed by atoms with Crippen molar-refractivity contribution in [3.8, 4) is 5.75 Å². The summed E-state index contributed by atoms with van der Waals surface area (Å²) in [4.78, 5) is 0. The van der Waals surface area contributed by atoms with Crippen LogP contribution >= 0.6 is 0 Å². The van der Waals surface area contributed by atoms with Gasteiger partial charge in [0.1, 0.15) is 5.75 Å². The third kappa shape index (κ3) is 2.41. The fourth-order valence-corrected chi connectivity index (χ4v) is 4.78. The molecule has 0 bridgehead atoms. The summed E-state index contributed by atoms with van der Waals surface area (Å²) in [6.07, 6.45) is 0.809. The van der Waals surface area contributed by atoms with Crippen LogP contribution in [0, 0.1) is 0 Å². The summed E-state index contributed by atoms with van der Waals surface area (Å²) in [7, 11) is 0. The molecule has 0 unspecified atom stereocenters. The predicted molar refractivity (Wildman–Crippen MR) is 119 cm³/mol. The van der Waals surface area contributed by atoms with E-state index in [0.717, 1.165) is 12.2 Å². The molecule has 0 amide bonds. The van der Waals surface area contributed by atoms with Gasteiger partial charge in [-0.2, -0.15) is 0 Å². The van der Waals surface area contributed by atoms with Crippen LogP contribution in [0.2, 0.25) is 0 Å². The van der Waals surface area contributed by atoms with E-state index in [0.29, 0.717) is 0 Å². The Kier molecular flexibility index (Phi) is 3.51. The zero-order chi connectivity index (χ0) is 19.3. The highest BCUT2D eigenvalue weighted by molar-refractivity contribution is 6.07. The molecule has 29 heavy (non-hydrogen) atoms. The molecule has 138 valence electrons. The molecule has 0 saturated carbocycles. The Labute approximate surface area is 170 Å². The standard InChI is InChI=1S/C28H20O/c1-3-13-23(14-4-1)28(24-15-5-2-6-16-24)19-22-12-9-11-21-18-20-10-7-8-17-25(20)27(29-28)26(21)22/h1-18H,19H2. The van der Waals surface area contributed by atoms with Crippen molar-refractivity contribution in [3.05, 3.63) is 126 Å². The largest absolute Gasteiger partial charge is 0.476 e. The summed E-state index contributed by atoms with van der Waals surface area (Å²) < 4.78 is 7.08. The van der Waals surface area contributed by atoms with E-state index in [1.165, 1.54) is 38.2 Å². The molecule has 0 aromatic heterocycles. The van der Waals surface area contributed by atoms with E-state index in [2.05, 4.69) is 109 Å². The minimum absolute atomic E-state index is 0.548. The van der Waals surface area contributed by atoms with Crippen LogP contribution in [0.15, 0.2) is 109 Å². The molecule has 0 spiro atoms. The number of rotatable bonds is 2. The molecule has 0 N–H and O–H groups in total. The van der Waals surface area contributed by atoms with Gasteiger partial charge in [-0.25, -0.2) is 0 Å². The molecule has 0 fully saturated rings. The van der Waals surface area contributed by atoms with Crippen LogP contribution in [0.3, 0.4) is 0 Å². The maximum atomic E-state index is 7.08. The second kappa shape index (κ2) is 6.22. The van der Waals surface area contributed by atoms with E-state index < -0.39 is 5.60 Å². The zero-order valence-corrected chi connectivity index (χ0v) is 16.0. The van der Waals surface area contributed by atoms with Gasteiger partial charge in [0.2, 0.25) is 0 Å². The Balaban J connectivity index is 1.71. The fraction of sp³-hybridized carbons (Fsp3) is 0.0714. The predicted octanol–water partition coefficient (Wildman–Crippen LogP) is 6.87. The lowest BCUT2D eigenvalue weighted by atomic mass is 9.78. The Hall–Kier alpha value is -3.58. The number of benzene rings is 5. The Bertz CT molecular complexity index is 1300. The first-order chi connectivity index (χ1) is 14.4. The lowest BCUT2D eigenvalue weighted by Crippen LogP contribution is -2.39. The molecule has 5 aromatic rings. The molecular formula is C28H20O.